The second-order valence-corrected chi connectivity index (χ2v) is 11.8. The fourth-order valence-electron chi connectivity index (χ4n) is 6.40. The second-order valence-electron chi connectivity index (χ2n) is 10.1. The summed E-state index contributed by atoms with van der Waals surface area (Å²) in [6.45, 7) is 6.80. The molecule has 4 heterocycles. The Morgan fingerprint density at radius 1 is 1.09 bits per heavy atom. The Balaban J connectivity index is 1.66. The number of nitrogens with zero attached hydrogens (tertiary/aromatic N) is 2. The molecule has 5 rings (SSSR count). The number of hydrogen-bond acceptors (Lipinski definition) is 6. The summed E-state index contributed by atoms with van der Waals surface area (Å²) in [6.07, 6.45) is 9.02. The van der Waals surface area contributed by atoms with Crippen molar-refractivity contribution in [3.63, 3.8) is 0 Å². The highest BCUT2D eigenvalue weighted by molar-refractivity contribution is 8.02. The molecule has 1 unspecified atom stereocenters. The van der Waals surface area contributed by atoms with Crippen LogP contribution >= 0.6 is 11.8 Å². The highest BCUT2D eigenvalue weighted by atomic mass is 32.2. The minimum absolute atomic E-state index is 0.0854. The summed E-state index contributed by atoms with van der Waals surface area (Å²) in [5.41, 5.74) is 2.84. The topological polar surface area (TPSA) is 87.2 Å². The van der Waals surface area contributed by atoms with Crippen molar-refractivity contribution >= 4 is 35.2 Å². The van der Waals surface area contributed by atoms with Gasteiger partial charge in [-0.15, -0.1) is 11.8 Å². The van der Waals surface area contributed by atoms with Crippen LogP contribution in [0.5, 0.6) is 0 Å². The van der Waals surface area contributed by atoms with E-state index in [1.54, 1.807) is 21.6 Å². The van der Waals surface area contributed by atoms with Gasteiger partial charge in [0.15, 0.2) is 0 Å². The highest BCUT2D eigenvalue weighted by Gasteiger charge is 2.73. The number of fused-ring (bicyclic) bond motifs is 2. The SMILES string of the molecule is Cc1cccc(C)c1N1CC=C[C@]23S[C@]4(C)C=CCCOC(=O)[C@@H]4[C@H]2C(=O)N(CCCO)C3C1=O. The fourth-order valence-corrected chi connectivity index (χ4v) is 8.55. The van der Waals surface area contributed by atoms with Crippen LogP contribution in [0, 0.1) is 25.7 Å². The molecule has 4 aliphatic heterocycles. The largest absolute Gasteiger partial charge is 0.465 e. The van der Waals surface area contributed by atoms with Crippen LogP contribution in [-0.4, -0.2) is 69.6 Å². The van der Waals surface area contributed by atoms with Gasteiger partial charge in [0, 0.05) is 30.1 Å². The number of amides is 2. The molecule has 35 heavy (non-hydrogen) atoms. The van der Waals surface area contributed by atoms with E-state index < -0.39 is 27.4 Å². The fraction of sp³-hybridized carbons (Fsp3) is 0.519. The number of benzene rings is 1. The van der Waals surface area contributed by atoms with E-state index in [0.717, 1.165) is 16.8 Å². The molecule has 2 saturated heterocycles. The lowest BCUT2D eigenvalue weighted by molar-refractivity contribution is -0.154. The molecule has 7 nitrogen and oxygen atoms in total. The van der Waals surface area contributed by atoms with E-state index in [9.17, 15) is 19.5 Å². The molecule has 8 heteroatoms. The van der Waals surface area contributed by atoms with Gasteiger partial charge in [-0.05, 0) is 44.7 Å². The Morgan fingerprint density at radius 2 is 1.83 bits per heavy atom. The van der Waals surface area contributed by atoms with Gasteiger partial charge in [0.05, 0.1) is 23.2 Å². The van der Waals surface area contributed by atoms with Gasteiger partial charge in [-0.3, -0.25) is 14.4 Å². The molecular weight excluding hydrogens is 464 g/mol. The summed E-state index contributed by atoms with van der Waals surface area (Å²) in [4.78, 5) is 45.1. The minimum atomic E-state index is -0.901. The van der Waals surface area contributed by atoms with Crippen LogP contribution in [0.2, 0.25) is 0 Å². The molecule has 0 radical (unpaired) electrons. The number of aliphatic hydroxyl groups is 1. The maximum Gasteiger partial charge on any atom is 0.311 e. The van der Waals surface area contributed by atoms with Gasteiger partial charge >= 0.3 is 5.97 Å². The summed E-state index contributed by atoms with van der Waals surface area (Å²) in [5, 5.41) is 9.54. The molecule has 0 saturated carbocycles. The van der Waals surface area contributed by atoms with Crippen molar-refractivity contribution in [3.05, 3.63) is 53.6 Å². The first-order chi connectivity index (χ1) is 16.7. The minimum Gasteiger partial charge on any atom is -0.465 e. The lowest BCUT2D eigenvalue weighted by atomic mass is 9.74. The number of aryl methyl sites for hydroxylation is 2. The van der Waals surface area contributed by atoms with Crippen molar-refractivity contribution < 1.29 is 24.2 Å². The summed E-state index contributed by atoms with van der Waals surface area (Å²) >= 11 is 1.54. The third kappa shape index (κ3) is 3.56. The Hall–Kier alpha value is -2.58. The lowest BCUT2D eigenvalue weighted by Crippen LogP contribution is -2.54. The predicted molar refractivity (Wildman–Crippen MR) is 135 cm³/mol. The number of esters is 1. The van der Waals surface area contributed by atoms with Crippen LogP contribution in [0.1, 0.15) is 30.9 Å². The third-order valence-electron chi connectivity index (χ3n) is 7.79. The number of cyclic esters (lactones) is 1. The van der Waals surface area contributed by atoms with Gasteiger partial charge in [-0.1, -0.05) is 42.5 Å². The van der Waals surface area contributed by atoms with Crippen LogP contribution in [-0.2, 0) is 19.1 Å². The quantitative estimate of drug-likeness (QED) is 0.510. The number of anilines is 1. The van der Waals surface area contributed by atoms with Gasteiger partial charge in [0.25, 0.3) is 5.91 Å². The number of thioether (sulfide) groups is 1. The monoisotopic (exact) mass is 496 g/mol. The summed E-state index contributed by atoms with van der Waals surface area (Å²) < 4.78 is 3.99. The number of ether oxygens (including phenoxy) is 1. The predicted octanol–water partition coefficient (Wildman–Crippen LogP) is 2.78. The van der Waals surface area contributed by atoms with E-state index in [1.165, 1.54) is 0 Å². The van der Waals surface area contributed by atoms with Crippen molar-refractivity contribution in [1.82, 2.24) is 4.90 Å². The van der Waals surface area contributed by atoms with Crippen molar-refractivity contribution in [3.8, 4) is 0 Å². The van der Waals surface area contributed by atoms with Crippen LogP contribution < -0.4 is 4.90 Å². The van der Waals surface area contributed by atoms with Gasteiger partial charge in [0.2, 0.25) is 5.91 Å². The number of para-hydroxylation sites is 1. The molecule has 1 aromatic rings. The van der Waals surface area contributed by atoms with Crippen molar-refractivity contribution in [1.29, 1.82) is 0 Å². The number of aliphatic hydroxyl groups excluding tert-OH is 1. The van der Waals surface area contributed by atoms with Crippen molar-refractivity contribution in [2.24, 2.45) is 11.8 Å². The first-order valence-corrected chi connectivity index (χ1v) is 13.1. The van der Waals surface area contributed by atoms with Crippen LogP contribution in [0.25, 0.3) is 0 Å². The summed E-state index contributed by atoms with van der Waals surface area (Å²) in [5.74, 6) is -2.14. The molecule has 5 atom stereocenters. The maximum absolute atomic E-state index is 14.4. The van der Waals surface area contributed by atoms with Gasteiger partial charge in [-0.2, -0.15) is 0 Å². The third-order valence-corrected chi connectivity index (χ3v) is 9.58. The van der Waals surface area contributed by atoms with Crippen LogP contribution in [0.15, 0.2) is 42.5 Å². The number of carbonyl (C=O) groups is 3. The average Bonchev–Trinajstić information content (AvgIpc) is 3.12. The lowest BCUT2D eigenvalue weighted by Gasteiger charge is -2.37. The van der Waals surface area contributed by atoms with E-state index in [4.69, 9.17) is 4.74 Å². The molecule has 0 aromatic heterocycles. The van der Waals surface area contributed by atoms with Gasteiger partial charge in [-0.25, -0.2) is 0 Å². The summed E-state index contributed by atoms with van der Waals surface area (Å²) in [7, 11) is 0. The zero-order valence-electron chi connectivity index (χ0n) is 20.4. The van der Waals surface area contributed by atoms with E-state index >= 15 is 0 Å². The summed E-state index contributed by atoms with van der Waals surface area (Å²) in [6, 6.07) is 5.17. The zero-order chi connectivity index (χ0) is 25.0. The maximum atomic E-state index is 14.4. The molecule has 2 amide bonds. The molecule has 186 valence electrons. The number of hydrogen-bond donors (Lipinski definition) is 1. The first kappa shape index (κ1) is 24.1. The standard InChI is InChI=1S/C27H32N2O5S/c1-17-9-6-10-18(2)21(17)28-13-7-12-27-19(23(31)29(14-8-15-30)22(27)24(28)32)20-25(33)34-16-5-4-11-26(20,3)35-27/h4,6-7,9-12,19-20,22,30H,5,8,13-16H2,1-3H3/t19-,20-,22?,26+,27-/m0/s1. The van der Waals surface area contributed by atoms with Gasteiger partial charge < -0.3 is 19.6 Å². The molecule has 0 bridgehead atoms. The molecule has 1 aromatic carbocycles. The number of rotatable bonds is 4. The number of likely N-dealkylation sites (tertiary alicyclic amines) is 1. The molecule has 0 aliphatic carbocycles. The molecule has 4 aliphatic rings. The zero-order valence-corrected chi connectivity index (χ0v) is 21.2. The van der Waals surface area contributed by atoms with E-state index in [2.05, 4.69) is 0 Å². The smallest absolute Gasteiger partial charge is 0.311 e. The Morgan fingerprint density at radius 3 is 2.54 bits per heavy atom. The molecule has 1 N–H and O–H groups in total. The Labute approximate surface area is 210 Å². The highest BCUT2D eigenvalue weighted by Crippen LogP contribution is 2.65. The average molecular weight is 497 g/mol. The number of carbonyl (C=O) groups excluding carboxylic acids is 3. The Bertz CT molecular complexity index is 1110. The van der Waals surface area contributed by atoms with E-state index in [-0.39, 0.29) is 37.5 Å². The molecule has 1 spiro atoms. The van der Waals surface area contributed by atoms with Crippen molar-refractivity contribution in [2.45, 2.75) is 49.1 Å². The normalized spacial score (nSPS) is 34.2. The second kappa shape index (κ2) is 8.82. The van der Waals surface area contributed by atoms with Crippen molar-refractivity contribution in [2.75, 3.05) is 31.2 Å². The van der Waals surface area contributed by atoms with E-state index in [1.807, 2.05) is 63.3 Å². The van der Waals surface area contributed by atoms with Crippen LogP contribution in [0.4, 0.5) is 5.69 Å². The van der Waals surface area contributed by atoms with Crippen LogP contribution in [0.3, 0.4) is 0 Å². The molecule has 2 fully saturated rings. The van der Waals surface area contributed by atoms with Gasteiger partial charge in [0.1, 0.15) is 6.04 Å². The Kier molecular flexibility index (Phi) is 6.08. The van der Waals surface area contributed by atoms with E-state index in [0.29, 0.717) is 19.4 Å². The first-order valence-electron chi connectivity index (χ1n) is 12.3. The molecular formula is C27H32N2O5S.